The first-order chi connectivity index (χ1) is 12.8. The number of benzene rings is 2. The van der Waals surface area contributed by atoms with Crippen LogP contribution in [0.3, 0.4) is 0 Å². The fourth-order valence-corrected chi connectivity index (χ4v) is 6.04. The summed E-state index contributed by atoms with van der Waals surface area (Å²) in [5.41, 5.74) is -0.867. The number of rotatable bonds is 5. The first kappa shape index (κ1) is 22.6. The zero-order valence-electron chi connectivity index (χ0n) is 13.3. The fraction of sp³-hybridized carbons (Fsp3) is 0.133. The summed E-state index contributed by atoms with van der Waals surface area (Å²) in [6.07, 6.45) is -5.85. The molecular weight excluding hydrogens is 543 g/mol. The van der Waals surface area contributed by atoms with Gasteiger partial charge >= 0.3 is 11.4 Å². The summed E-state index contributed by atoms with van der Waals surface area (Å²) in [5.74, 6) is -0.915. The van der Waals surface area contributed by atoms with Crippen molar-refractivity contribution >= 4 is 53.8 Å². The molecule has 0 radical (unpaired) electrons. The van der Waals surface area contributed by atoms with Gasteiger partial charge in [0, 0.05) is 22.6 Å². The SMILES string of the molecule is O=C(Nc1ccccc1S(Br)(Br)C(F)(F)C(F)(F)F)c1cccc([N+](=O)[O-])c1. The third kappa shape index (κ3) is 4.30. The Bertz CT molecular complexity index is 925. The Labute approximate surface area is 171 Å². The number of carbonyl (C=O) groups is 1. The van der Waals surface area contributed by atoms with Gasteiger partial charge in [-0.05, 0) is 54.7 Å². The highest BCUT2D eigenvalue weighted by Crippen LogP contribution is 2.81. The second kappa shape index (κ2) is 7.95. The second-order valence-corrected chi connectivity index (χ2v) is 15.6. The number of alkyl halides is 5. The Morgan fingerprint density at radius 2 is 1.64 bits per heavy atom. The predicted octanol–water partition coefficient (Wildman–Crippen LogP) is 6.79. The van der Waals surface area contributed by atoms with E-state index >= 15 is 0 Å². The van der Waals surface area contributed by atoms with Gasteiger partial charge in [-0.1, -0.05) is 18.2 Å². The number of nitrogens with zero attached hydrogens (tertiary/aromatic N) is 1. The van der Waals surface area contributed by atoms with Crippen LogP contribution in [-0.2, 0) is 0 Å². The Morgan fingerprint density at radius 1 is 1.04 bits per heavy atom. The summed E-state index contributed by atoms with van der Waals surface area (Å²) in [7, 11) is 0. The van der Waals surface area contributed by atoms with Gasteiger partial charge in [-0.25, -0.2) is 0 Å². The van der Waals surface area contributed by atoms with Gasteiger partial charge in [0.25, 0.3) is 11.6 Å². The Balaban J connectivity index is 2.44. The highest BCUT2D eigenvalue weighted by Gasteiger charge is 2.67. The van der Waals surface area contributed by atoms with Crippen molar-refractivity contribution in [2.45, 2.75) is 16.3 Å². The molecular formula is C15H9Br2F5N2O3S. The third-order valence-corrected chi connectivity index (χ3v) is 9.70. The molecule has 152 valence electrons. The van der Waals surface area contributed by atoms with Crippen LogP contribution in [0.1, 0.15) is 10.4 Å². The topological polar surface area (TPSA) is 72.2 Å². The lowest BCUT2D eigenvalue weighted by atomic mass is 10.2. The number of nitro benzene ring substituents is 1. The molecule has 2 aromatic carbocycles. The van der Waals surface area contributed by atoms with Crippen molar-refractivity contribution < 1.29 is 31.7 Å². The van der Waals surface area contributed by atoms with Crippen LogP contribution in [-0.4, -0.2) is 22.3 Å². The van der Waals surface area contributed by atoms with Crippen molar-refractivity contribution in [2.75, 3.05) is 5.32 Å². The first-order valence-electron chi connectivity index (χ1n) is 7.10. The van der Waals surface area contributed by atoms with E-state index in [-0.39, 0.29) is 16.9 Å². The second-order valence-electron chi connectivity index (χ2n) is 5.24. The van der Waals surface area contributed by atoms with Crippen LogP contribution < -0.4 is 5.32 Å². The van der Waals surface area contributed by atoms with Crippen molar-refractivity contribution in [1.82, 2.24) is 0 Å². The Kier molecular flexibility index (Phi) is 6.40. The Hall–Kier alpha value is -1.73. The van der Waals surface area contributed by atoms with E-state index in [1.807, 2.05) is 0 Å². The fourth-order valence-electron chi connectivity index (χ4n) is 2.03. The molecule has 2 aromatic rings. The van der Waals surface area contributed by atoms with Crippen molar-refractivity contribution in [3.05, 3.63) is 64.2 Å². The smallest absolute Gasteiger partial charge is 0.321 e. The van der Waals surface area contributed by atoms with E-state index < -0.39 is 34.1 Å². The summed E-state index contributed by atoms with van der Waals surface area (Å²) >= 11 is 4.93. The van der Waals surface area contributed by atoms with Gasteiger partial charge in [0.1, 0.15) is 0 Å². The van der Waals surface area contributed by atoms with E-state index in [4.69, 9.17) is 0 Å². The number of anilines is 1. The molecule has 0 unspecified atom stereocenters. The zero-order valence-corrected chi connectivity index (χ0v) is 17.3. The van der Waals surface area contributed by atoms with Gasteiger partial charge in [-0.3, -0.25) is 14.9 Å². The normalized spacial score (nSPS) is 13.1. The molecule has 1 N–H and O–H groups in total. The zero-order chi connectivity index (χ0) is 21.3. The maximum Gasteiger partial charge on any atom is 0.464 e. The van der Waals surface area contributed by atoms with Gasteiger partial charge < -0.3 is 5.32 Å². The van der Waals surface area contributed by atoms with E-state index in [9.17, 15) is 36.9 Å². The number of hydrogen-bond acceptors (Lipinski definition) is 3. The highest BCUT2D eigenvalue weighted by molar-refractivity contribution is 9.91. The summed E-state index contributed by atoms with van der Waals surface area (Å²) < 4.78 is 66.6. The van der Waals surface area contributed by atoms with Gasteiger partial charge in [0.15, 0.2) is 0 Å². The number of para-hydroxylation sites is 1. The monoisotopic (exact) mass is 550 g/mol. The van der Waals surface area contributed by atoms with E-state index in [0.29, 0.717) is 0 Å². The van der Waals surface area contributed by atoms with Crippen molar-refractivity contribution in [2.24, 2.45) is 0 Å². The molecule has 0 atom stereocenters. The lowest BCUT2D eigenvalue weighted by Crippen LogP contribution is -2.37. The molecule has 2 rings (SSSR count). The average molecular weight is 552 g/mol. The number of hydrogen-bond donors (Lipinski definition) is 1. The molecule has 0 bridgehead atoms. The molecule has 0 aliphatic rings. The molecule has 28 heavy (non-hydrogen) atoms. The van der Waals surface area contributed by atoms with Crippen LogP contribution in [0.4, 0.5) is 33.3 Å². The average Bonchev–Trinajstić information content (AvgIpc) is 2.61. The molecule has 0 aliphatic heterocycles. The summed E-state index contributed by atoms with van der Waals surface area (Å²) in [6.45, 7) is -4.13. The summed E-state index contributed by atoms with van der Waals surface area (Å²) in [5, 5.41) is 7.86. The van der Waals surface area contributed by atoms with Gasteiger partial charge in [-0.2, -0.15) is 22.0 Å². The standard InChI is InChI=1S/C15H9Br2F5N2O3S/c16-28(17,15(21,22)14(18,19)20)12-7-2-1-6-11(12)23-13(25)9-4-3-5-10(8-9)24(26)27/h1-8H,(H,23,25). The van der Waals surface area contributed by atoms with Crippen LogP contribution in [0.25, 0.3) is 0 Å². The van der Waals surface area contributed by atoms with Gasteiger partial charge in [0.05, 0.1) is 10.6 Å². The number of non-ortho nitro benzene ring substituents is 1. The van der Waals surface area contributed by atoms with Gasteiger partial charge in [-0.15, -0.1) is 0 Å². The van der Waals surface area contributed by atoms with Crippen LogP contribution in [0.15, 0.2) is 53.4 Å². The molecule has 5 nitrogen and oxygen atoms in total. The van der Waals surface area contributed by atoms with E-state index in [1.54, 1.807) is 0 Å². The largest absolute Gasteiger partial charge is 0.464 e. The van der Waals surface area contributed by atoms with Gasteiger partial charge in [0.2, 0.25) is 0 Å². The predicted molar refractivity (Wildman–Crippen MR) is 102 cm³/mol. The van der Waals surface area contributed by atoms with Crippen LogP contribution >= 0.6 is 36.5 Å². The number of carbonyl (C=O) groups excluding carboxylic acids is 1. The number of amides is 1. The summed E-state index contributed by atoms with van der Waals surface area (Å²) in [6, 6.07) is 9.26. The molecule has 0 aromatic heterocycles. The van der Waals surface area contributed by atoms with Crippen molar-refractivity contribution in [1.29, 1.82) is 0 Å². The number of halogens is 7. The lowest BCUT2D eigenvalue weighted by Gasteiger charge is -2.36. The Morgan fingerprint density at radius 3 is 2.21 bits per heavy atom. The van der Waals surface area contributed by atoms with Crippen LogP contribution in [0.5, 0.6) is 0 Å². The maximum absolute atomic E-state index is 14.0. The number of nitrogens with one attached hydrogen (secondary N) is 1. The third-order valence-electron chi connectivity index (χ3n) is 3.38. The van der Waals surface area contributed by atoms with Crippen LogP contribution in [0, 0.1) is 10.1 Å². The highest BCUT2D eigenvalue weighted by atomic mass is 79.9. The molecule has 13 heteroatoms. The number of nitro groups is 1. The first-order valence-corrected chi connectivity index (χ1v) is 12.4. The van der Waals surface area contributed by atoms with E-state index in [0.717, 1.165) is 24.3 Å². The molecule has 0 fully saturated rings. The van der Waals surface area contributed by atoms with Crippen molar-refractivity contribution in [3.63, 3.8) is 0 Å². The van der Waals surface area contributed by atoms with Crippen molar-refractivity contribution in [3.8, 4) is 0 Å². The van der Waals surface area contributed by atoms with Crippen LogP contribution in [0.2, 0.25) is 0 Å². The molecule has 0 saturated heterocycles. The summed E-state index contributed by atoms with van der Waals surface area (Å²) in [4.78, 5) is 21.9. The molecule has 1 amide bonds. The molecule has 0 saturated carbocycles. The maximum atomic E-state index is 14.0. The molecule has 0 spiro atoms. The van der Waals surface area contributed by atoms with E-state index in [1.165, 1.54) is 24.3 Å². The minimum absolute atomic E-state index is 0.170. The quantitative estimate of drug-likeness (QED) is 0.253. The molecule has 0 aliphatic carbocycles. The van der Waals surface area contributed by atoms with E-state index in [2.05, 4.69) is 34.9 Å². The minimum atomic E-state index is -5.85. The lowest BCUT2D eigenvalue weighted by molar-refractivity contribution is -0.384. The molecule has 0 heterocycles. The minimum Gasteiger partial charge on any atom is -0.321 e.